The molecule has 1 spiro atoms. The van der Waals surface area contributed by atoms with Crippen LogP contribution >= 0.6 is 0 Å². The predicted molar refractivity (Wildman–Crippen MR) is 87.6 cm³/mol. The number of allylic oxidation sites excluding steroid dienone is 1. The van der Waals surface area contributed by atoms with Gasteiger partial charge in [0.2, 0.25) is 0 Å². The molecule has 3 rings (SSSR count). The van der Waals surface area contributed by atoms with E-state index in [0.717, 1.165) is 19.3 Å². The van der Waals surface area contributed by atoms with Gasteiger partial charge in [0.15, 0.2) is 5.60 Å². The summed E-state index contributed by atoms with van der Waals surface area (Å²) in [6, 6.07) is 5.90. The molecule has 6 heteroatoms. The Labute approximate surface area is 139 Å². The Hall–Kier alpha value is -2.63. The van der Waals surface area contributed by atoms with Crippen molar-refractivity contribution in [3.05, 3.63) is 63.9 Å². The molecule has 0 saturated heterocycles. The molecule has 0 amide bonds. The lowest BCUT2D eigenvalue weighted by Crippen LogP contribution is -2.34. The molecule has 1 N–H and O–H groups in total. The molecule has 24 heavy (non-hydrogen) atoms. The highest BCUT2D eigenvalue weighted by molar-refractivity contribution is 5.94. The van der Waals surface area contributed by atoms with Crippen molar-refractivity contribution in [2.24, 2.45) is 0 Å². The molecule has 6 nitrogen and oxygen atoms in total. The summed E-state index contributed by atoms with van der Waals surface area (Å²) in [5.41, 5.74) is -0.0765. The number of hydrogen-bond acceptors (Lipinski definition) is 5. The van der Waals surface area contributed by atoms with Crippen molar-refractivity contribution in [1.82, 2.24) is 0 Å². The highest BCUT2D eigenvalue weighted by Crippen LogP contribution is 2.46. The molecule has 1 heterocycles. The van der Waals surface area contributed by atoms with Crippen molar-refractivity contribution in [1.29, 1.82) is 0 Å². The number of ether oxygens (including phenoxy) is 1. The van der Waals surface area contributed by atoms with Gasteiger partial charge in [-0.25, -0.2) is 4.79 Å². The Morgan fingerprint density at radius 1 is 1.25 bits per heavy atom. The van der Waals surface area contributed by atoms with Gasteiger partial charge in [0.25, 0.3) is 5.69 Å². The molecule has 1 fully saturated rings. The van der Waals surface area contributed by atoms with Crippen molar-refractivity contribution in [3.63, 3.8) is 0 Å². The SMILES string of the molecule is C=CC(C1=C(O)C2(CCCCC2)OC1=O)c1ccc([N+](=O)[O-])cc1. The summed E-state index contributed by atoms with van der Waals surface area (Å²) in [5, 5.41) is 21.5. The number of rotatable bonds is 4. The molecule has 1 aromatic rings. The number of nitro benzene ring substituents is 1. The van der Waals surface area contributed by atoms with Gasteiger partial charge >= 0.3 is 5.97 Å². The fraction of sp³-hybridized carbons (Fsp3) is 0.389. The van der Waals surface area contributed by atoms with E-state index in [1.165, 1.54) is 12.1 Å². The first-order valence-electron chi connectivity index (χ1n) is 8.02. The number of benzene rings is 1. The van der Waals surface area contributed by atoms with Gasteiger partial charge in [0, 0.05) is 18.1 Å². The smallest absolute Gasteiger partial charge is 0.339 e. The van der Waals surface area contributed by atoms with Gasteiger partial charge in [0.1, 0.15) is 5.76 Å². The first-order valence-corrected chi connectivity index (χ1v) is 8.02. The lowest BCUT2D eigenvalue weighted by atomic mass is 9.81. The van der Waals surface area contributed by atoms with Crippen molar-refractivity contribution in [3.8, 4) is 0 Å². The molecular formula is C18H19NO5. The molecule has 0 aromatic heterocycles. The average Bonchev–Trinajstić information content (AvgIpc) is 2.81. The number of aliphatic hydroxyl groups excluding tert-OH is 1. The molecule has 1 atom stereocenters. The Kier molecular flexibility index (Phi) is 4.13. The second kappa shape index (κ2) is 6.11. The zero-order valence-corrected chi connectivity index (χ0v) is 13.2. The molecular weight excluding hydrogens is 310 g/mol. The molecule has 1 unspecified atom stereocenters. The Balaban J connectivity index is 1.98. The van der Waals surface area contributed by atoms with Gasteiger partial charge < -0.3 is 9.84 Å². The van der Waals surface area contributed by atoms with E-state index in [9.17, 15) is 20.0 Å². The van der Waals surface area contributed by atoms with Crippen LogP contribution in [-0.2, 0) is 9.53 Å². The third kappa shape index (κ3) is 2.58. The van der Waals surface area contributed by atoms with Crippen molar-refractivity contribution >= 4 is 11.7 Å². The van der Waals surface area contributed by atoms with Crippen LogP contribution in [0.15, 0.2) is 48.3 Å². The van der Waals surface area contributed by atoms with Crippen LogP contribution in [0.4, 0.5) is 5.69 Å². The van der Waals surface area contributed by atoms with Crippen molar-refractivity contribution in [2.75, 3.05) is 0 Å². The second-order valence-electron chi connectivity index (χ2n) is 6.27. The van der Waals surface area contributed by atoms with Crippen LogP contribution in [0.5, 0.6) is 0 Å². The number of nitrogens with zero attached hydrogens (tertiary/aromatic N) is 1. The number of non-ortho nitro benzene ring substituents is 1. The molecule has 126 valence electrons. The minimum Gasteiger partial charge on any atom is -0.507 e. The number of carbonyl (C=O) groups excluding carboxylic acids is 1. The summed E-state index contributed by atoms with van der Waals surface area (Å²) in [6.45, 7) is 3.76. The van der Waals surface area contributed by atoms with Gasteiger partial charge in [-0.15, -0.1) is 6.58 Å². The van der Waals surface area contributed by atoms with Crippen molar-refractivity contribution < 1.29 is 19.6 Å². The molecule has 1 aliphatic carbocycles. The zero-order chi connectivity index (χ0) is 17.3. The quantitative estimate of drug-likeness (QED) is 0.391. The number of hydrogen-bond donors (Lipinski definition) is 1. The average molecular weight is 329 g/mol. The van der Waals surface area contributed by atoms with E-state index in [-0.39, 0.29) is 17.0 Å². The standard InChI is InChI=1S/C18H19NO5/c1-2-14(12-6-8-13(9-7-12)19(22)23)15-16(20)18(24-17(15)21)10-4-3-5-11-18/h2,6-9,14,20H,1,3-5,10-11H2. The fourth-order valence-electron chi connectivity index (χ4n) is 3.58. The fourth-order valence-corrected chi connectivity index (χ4v) is 3.58. The topological polar surface area (TPSA) is 89.7 Å². The van der Waals surface area contributed by atoms with E-state index in [1.807, 2.05) is 0 Å². The molecule has 1 saturated carbocycles. The largest absolute Gasteiger partial charge is 0.507 e. The summed E-state index contributed by atoms with van der Waals surface area (Å²) in [7, 11) is 0. The summed E-state index contributed by atoms with van der Waals surface area (Å²) < 4.78 is 5.56. The van der Waals surface area contributed by atoms with E-state index in [1.54, 1.807) is 18.2 Å². The van der Waals surface area contributed by atoms with Gasteiger partial charge in [0.05, 0.1) is 10.5 Å². The van der Waals surface area contributed by atoms with Crippen LogP contribution in [0.3, 0.4) is 0 Å². The summed E-state index contributed by atoms with van der Waals surface area (Å²) in [4.78, 5) is 22.7. The third-order valence-electron chi connectivity index (χ3n) is 4.87. The molecule has 0 radical (unpaired) electrons. The summed E-state index contributed by atoms with van der Waals surface area (Å²) in [5.74, 6) is -1.09. The van der Waals surface area contributed by atoms with E-state index < -0.39 is 22.4 Å². The summed E-state index contributed by atoms with van der Waals surface area (Å²) in [6.07, 6.45) is 5.67. The lowest BCUT2D eigenvalue weighted by Gasteiger charge is -2.31. The van der Waals surface area contributed by atoms with Gasteiger partial charge in [-0.3, -0.25) is 10.1 Å². The maximum Gasteiger partial charge on any atom is 0.339 e. The minimum atomic E-state index is -0.896. The van der Waals surface area contributed by atoms with Crippen LogP contribution in [0.2, 0.25) is 0 Å². The number of carbonyl (C=O) groups is 1. The monoisotopic (exact) mass is 329 g/mol. The second-order valence-corrected chi connectivity index (χ2v) is 6.27. The van der Waals surface area contributed by atoms with Crippen LogP contribution < -0.4 is 0 Å². The van der Waals surface area contributed by atoms with Crippen LogP contribution in [-0.4, -0.2) is 21.6 Å². The third-order valence-corrected chi connectivity index (χ3v) is 4.87. The Morgan fingerprint density at radius 2 is 1.88 bits per heavy atom. The van der Waals surface area contributed by atoms with Crippen LogP contribution in [0, 0.1) is 10.1 Å². The number of aliphatic hydroxyl groups is 1. The van der Waals surface area contributed by atoms with E-state index in [4.69, 9.17) is 4.74 Å². The molecule has 2 aliphatic rings. The van der Waals surface area contributed by atoms with E-state index >= 15 is 0 Å². The zero-order valence-electron chi connectivity index (χ0n) is 13.2. The van der Waals surface area contributed by atoms with E-state index in [2.05, 4.69) is 6.58 Å². The van der Waals surface area contributed by atoms with E-state index in [0.29, 0.717) is 18.4 Å². The van der Waals surface area contributed by atoms with Gasteiger partial charge in [-0.2, -0.15) is 0 Å². The highest BCUT2D eigenvalue weighted by atomic mass is 16.6. The Morgan fingerprint density at radius 3 is 2.42 bits per heavy atom. The molecule has 1 aliphatic heterocycles. The van der Waals surface area contributed by atoms with Gasteiger partial charge in [-0.1, -0.05) is 24.6 Å². The number of esters is 1. The maximum absolute atomic E-state index is 12.4. The maximum atomic E-state index is 12.4. The molecule has 1 aromatic carbocycles. The molecule has 0 bridgehead atoms. The minimum absolute atomic E-state index is 0.00421. The van der Waals surface area contributed by atoms with Crippen LogP contribution in [0.1, 0.15) is 43.6 Å². The van der Waals surface area contributed by atoms with Gasteiger partial charge in [-0.05, 0) is 31.2 Å². The predicted octanol–water partition coefficient (Wildman–Crippen LogP) is 3.94. The normalized spacial score (nSPS) is 20.8. The first-order chi connectivity index (χ1) is 11.5. The van der Waals surface area contributed by atoms with Crippen molar-refractivity contribution in [2.45, 2.75) is 43.6 Å². The number of nitro groups is 1. The summed E-state index contributed by atoms with van der Waals surface area (Å²) >= 11 is 0. The Bertz CT molecular complexity index is 713. The lowest BCUT2D eigenvalue weighted by molar-refractivity contribution is -0.384. The first kappa shape index (κ1) is 16.2. The highest BCUT2D eigenvalue weighted by Gasteiger charge is 2.50. The van der Waals surface area contributed by atoms with Crippen LogP contribution in [0.25, 0.3) is 0 Å².